The maximum absolute atomic E-state index is 12.6. The molecule has 11 heteroatoms. The minimum atomic E-state index is -1.48. The quantitative estimate of drug-likeness (QED) is 0.235. The van der Waals surface area contributed by atoms with Gasteiger partial charge in [0.05, 0.1) is 12.1 Å². The van der Waals surface area contributed by atoms with E-state index in [4.69, 9.17) is 5.11 Å². The van der Waals surface area contributed by atoms with Gasteiger partial charge in [0.1, 0.15) is 12.1 Å². The number of carbonyl (C=O) groups excluding carboxylic acids is 3. The molecule has 1 aliphatic heterocycles. The second-order valence-electron chi connectivity index (χ2n) is 6.79. The summed E-state index contributed by atoms with van der Waals surface area (Å²) in [6, 6.07) is -3.64. The lowest BCUT2D eigenvalue weighted by molar-refractivity contribution is -0.145. The maximum atomic E-state index is 12.6. The lowest BCUT2D eigenvalue weighted by Gasteiger charge is -2.24. The normalized spacial score (nSPS) is 20.5. The van der Waals surface area contributed by atoms with Crippen LogP contribution in [0.3, 0.4) is 0 Å². The van der Waals surface area contributed by atoms with Gasteiger partial charge in [-0.2, -0.15) is 11.8 Å². The summed E-state index contributed by atoms with van der Waals surface area (Å²) in [5.41, 5.74) is 0. The lowest BCUT2D eigenvalue weighted by Crippen LogP contribution is -2.57. The van der Waals surface area contributed by atoms with Crippen LogP contribution in [0.1, 0.15) is 33.1 Å². The highest BCUT2D eigenvalue weighted by Crippen LogP contribution is 2.07. The molecule has 1 rings (SSSR count). The van der Waals surface area contributed by atoms with Gasteiger partial charge in [-0.15, -0.1) is 0 Å². The molecule has 0 aromatic rings. The number of carboxylic acids is 1. The Morgan fingerprint density at radius 1 is 1.14 bits per heavy atom. The minimum absolute atomic E-state index is 0.254. The fraction of sp³-hybridized carbons (Fsp3) is 0.765. The maximum Gasteiger partial charge on any atom is 0.328 e. The summed E-state index contributed by atoms with van der Waals surface area (Å²) in [5.74, 6) is -2.26. The molecule has 5 unspecified atom stereocenters. The molecule has 1 aliphatic rings. The molecule has 0 radical (unpaired) electrons. The summed E-state index contributed by atoms with van der Waals surface area (Å²) in [6.45, 7) is 3.40. The highest BCUT2D eigenvalue weighted by atomic mass is 32.2. The van der Waals surface area contributed by atoms with Gasteiger partial charge in [0.15, 0.2) is 6.04 Å². The molecule has 10 nitrogen and oxygen atoms in total. The van der Waals surface area contributed by atoms with Gasteiger partial charge in [-0.3, -0.25) is 14.4 Å². The third-order valence-corrected chi connectivity index (χ3v) is 5.06. The Bertz CT molecular complexity index is 568. The van der Waals surface area contributed by atoms with Crippen molar-refractivity contribution < 1.29 is 29.4 Å². The summed E-state index contributed by atoms with van der Waals surface area (Å²) < 4.78 is 0. The summed E-state index contributed by atoms with van der Waals surface area (Å²) >= 11 is 1.53. The zero-order valence-electron chi connectivity index (χ0n) is 16.4. The molecule has 1 saturated heterocycles. The average Bonchev–Trinajstić information content (AvgIpc) is 3.16. The third-order valence-electron chi connectivity index (χ3n) is 4.42. The number of carbonyl (C=O) groups is 4. The van der Waals surface area contributed by atoms with Gasteiger partial charge in [0.25, 0.3) is 0 Å². The molecule has 5 atom stereocenters. The molecule has 0 bridgehead atoms. The number of carboxylic acid groups (broad SMARTS) is 1. The van der Waals surface area contributed by atoms with Gasteiger partial charge in [-0.1, -0.05) is 0 Å². The van der Waals surface area contributed by atoms with E-state index in [0.717, 1.165) is 13.0 Å². The molecule has 0 aromatic carbocycles. The van der Waals surface area contributed by atoms with Crippen molar-refractivity contribution in [3.8, 4) is 0 Å². The monoisotopic (exact) mass is 418 g/mol. The number of rotatable bonds is 11. The molecular weight excluding hydrogens is 388 g/mol. The Kier molecular flexibility index (Phi) is 10.3. The predicted molar refractivity (Wildman–Crippen MR) is 105 cm³/mol. The van der Waals surface area contributed by atoms with Crippen molar-refractivity contribution in [3.63, 3.8) is 0 Å². The van der Waals surface area contributed by atoms with Crippen LogP contribution in [-0.4, -0.2) is 82.7 Å². The Hall–Kier alpha value is -1.85. The second kappa shape index (κ2) is 11.9. The molecule has 6 N–H and O–H groups in total. The van der Waals surface area contributed by atoms with Crippen LogP contribution in [0.15, 0.2) is 0 Å². The number of nitrogens with one attached hydrogen (secondary N) is 4. The van der Waals surface area contributed by atoms with Crippen molar-refractivity contribution in [1.29, 1.82) is 0 Å². The predicted octanol–water partition coefficient (Wildman–Crippen LogP) is -1.57. The van der Waals surface area contributed by atoms with E-state index in [1.54, 1.807) is 0 Å². The average molecular weight is 419 g/mol. The molecule has 0 aromatic heterocycles. The van der Waals surface area contributed by atoms with Crippen molar-refractivity contribution in [1.82, 2.24) is 21.3 Å². The van der Waals surface area contributed by atoms with Gasteiger partial charge < -0.3 is 31.5 Å². The number of amides is 3. The summed E-state index contributed by atoms with van der Waals surface area (Å²) in [7, 11) is 0. The van der Waals surface area contributed by atoms with E-state index in [-0.39, 0.29) is 11.9 Å². The Morgan fingerprint density at radius 3 is 2.32 bits per heavy atom. The Balaban J connectivity index is 2.67. The molecule has 1 heterocycles. The lowest BCUT2D eigenvalue weighted by atomic mass is 10.1. The van der Waals surface area contributed by atoms with Gasteiger partial charge in [0.2, 0.25) is 17.7 Å². The zero-order chi connectivity index (χ0) is 21.3. The number of aliphatic hydroxyl groups is 1. The highest BCUT2D eigenvalue weighted by Gasteiger charge is 2.30. The first-order valence-corrected chi connectivity index (χ1v) is 10.6. The van der Waals surface area contributed by atoms with Crippen molar-refractivity contribution in [3.05, 3.63) is 0 Å². The molecule has 160 valence electrons. The van der Waals surface area contributed by atoms with E-state index in [1.807, 2.05) is 6.26 Å². The van der Waals surface area contributed by atoms with Crippen LogP contribution in [0.4, 0.5) is 0 Å². The first-order valence-electron chi connectivity index (χ1n) is 9.21. The first-order chi connectivity index (χ1) is 13.2. The standard InChI is InChI=1S/C17H30N4O6S/c1-9(14(23)21-13(10(2)22)17(26)27)19-16(25)12(6-8-28-3)20-15(24)11-5-4-7-18-11/h9-13,18,22H,4-8H2,1-3H3,(H,19,25)(H,20,24)(H,21,23)(H,26,27). The van der Waals surface area contributed by atoms with E-state index in [9.17, 15) is 24.3 Å². The molecule has 0 spiro atoms. The highest BCUT2D eigenvalue weighted by molar-refractivity contribution is 7.98. The van der Waals surface area contributed by atoms with Crippen molar-refractivity contribution >= 4 is 35.5 Å². The van der Waals surface area contributed by atoms with E-state index in [2.05, 4.69) is 21.3 Å². The zero-order valence-corrected chi connectivity index (χ0v) is 17.2. The van der Waals surface area contributed by atoms with Crippen molar-refractivity contribution in [2.75, 3.05) is 18.6 Å². The number of hydrogen-bond donors (Lipinski definition) is 6. The van der Waals surface area contributed by atoms with Crippen LogP contribution < -0.4 is 21.3 Å². The first kappa shape index (κ1) is 24.2. The number of hydrogen-bond acceptors (Lipinski definition) is 7. The van der Waals surface area contributed by atoms with Gasteiger partial charge in [-0.25, -0.2) is 4.79 Å². The van der Waals surface area contributed by atoms with Crippen LogP contribution in [-0.2, 0) is 19.2 Å². The molecule has 0 aliphatic carbocycles. The third kappa shape index (κ3) is 7.64. The largest absolute Gasteiger partial charge is 0.480 e. The van der Waals surface area contributed by atoms with E-state index in [1.165, 1.54) is 25.6 Å². The molecule has 28 heavy (non-hydrogen) atoms. The van der Waals surface area contributed by atoms with Gasteiger partial charge in [0, 0.05) is 0 Å². The SMILES string of the molecule is CSCCC(NC(=O)C1CCCN1)C(=O)NC(C)C(=O)NC(C(=O)O)C(C)O. The van der Waals surface area contributed by atoms with E-state index >= 15 is 0 Å². The summed E-state index contributed by atoms with van der Waals surface area (Å²) in [5, 5.41) is 28.9. The van der Waals surface area contributed by atoms with Crippen LogP contribution in [0.2, 0.25) is 0 Å². The van der Waals surface area contributed by atoms with Crippen molar-refractivity contribution in [2.24, 2.45) is 0 Å². The van der Waals surface area contributed by atoms with Gasteiger partial charge >= 0.3 is 5.97 Å². The van der Waals surface area contributed by atoms with Crippen LogP contribution in [0, 0.1) is 0 Å². The van der Waals surface area contributed by atoms with Crippen LogP contribution in [0.5, 0.6) is 0 Å². The number of aliphatic hydroxyl groups excluding tert-OH is 1. The molecule has 0 saturated carbocycles. The Morgan fingerprint density at radius 2 is 1.82 bits per heavy atom. The smallest absolute Gasteiger partial charge is 0.328 e. The second-order valence-corrected chi connectivity index (χ2v) is 7.77. The number of aliphatic carboxylic acids is 1. The fourth-order valence-corrected chi connectivity index (χ4v) is 3.20. The fourth-order valence-electron chi connectivity index (χ4n) is 2.73. The van der Waals surface area contributed by atoms with Crippen molar-refractivity contribution in [2.45, 2.75) is 63.4 Å². The van der Waals surface area contributed by atoms with Crippen LogP contribution >= 0.6 is 11.8 Å². The topological polar surface area (TPSA) is 157 Å². The van der Waals surface area contributed by atoms with Crippen LogP contribution in [0.25, 0.3) is 0 Å². The summed E-state index contributed by atoms with van der Waals surface area (Å²) in [4.78, 5) is 48.1. The minimum Gasteiger partial charge on any atom is -0.480 e. The van der Waals surface area contributed by atoms with E-state index < -0.39 is 42.0 Å². The Labute approximate surface area is 168 Å². The van der Waals surface area contributed by atoms with E-state index in [0.29, 0.717) is 18.6 Å². The molecule has 3 amide bonds. The molecule has 1 fully saturated rings. The number of thioether (sulfide) groups is 1. The van der Waals surface area contributed by atoms with Gasteiger partial charge in [-0.05, 0) is 51.7 Å². The molecular formula is C17H30N4O6S. The summed E-state index contributed by atoms with van der Waals surface area (Å²) in [6.07, 6.45) is 2.58.